The first-order valence-corrected chi connectivity index (χ1v) is 10.8. The molecule has 0 unspecified atom stereocenters. The van der Waals surface area contributed by atoms with Crippen molar-refractivity contribution in [1.82, 2.24) is 25.2 Å². The van der Waals surface area contributed by atoms with Gasteiger partial charge >= 0.3 is 0 Å². The van der Waals surface area contributed by atoms with E-state index in [0.717, 1.165) is 45.1 Å². The predicted octanol–water partition coefficient (Wildman–Crippen LogP) is 2.27. The molecule has 9 heteroatoms. The average molecular weight is 428 g/mol. The summed E-state index contributed by atoms with van der Waals surface area (Å²) in [6, 6.07) is 5.67. The number of aryl methyl sites for hydroxylation is 1. The number of benzene rings is 1. The minimum Gasteiger partial charge on any atom is -0.493 e. The summed E-state index contributed by atoms with van der Waals surface area (Å²) in [5.41, 5.74) is 0.929. The molecule has 2 aliphatic rings. The van der Waals surface area contributed by atoms with E-state index in [9.17, 15) is 9.59 Å². The number of hydrogen-bond donors (Lipinski definition) is 1. The maximum atomic E-state index is 13.2. The van der Waals surface area contributed by atoms with E-state index in [1.807, 2.05) is 4.90 Å². The monoisotopic (exact) mass is 427 g/mol. The SMILES string of the molecule is COc1ccc(C(=O)N2CCCC[C@@H]2CCn2cc(C(=O)NC3CC3)nn2)cc1OC. The van der Waals surface area contributed by atoms with Crippen molar-refractivity contribution in [2.24, 2.45) is 0 Å². The molecule has 0 spiro atoms. The van der Waals surface area contributed by atoms with E-state index in [1.165, 1.54) is 0 Å². The number of piperidine rings is 1. The van der Waals surface area contributed by atoms with Crippen molar-refractivity contribution >= 4 is 11.8 Å². The lowest BCUT2D eigenvalue weighted by Crippen LogP contribution is -2.44. The Morgan fingerprint density at radius 1 is 1.13 bits per heavy atom. The van der Waals surface area contributed by atoms with Gasteiger partial charge in [0.15, 0.2) is 17.2 Å². The number of likely N-dealkylation sites (tertiary alicyclic amines) is 1. The third-order valence-corrected chi connectivity index (χ3v) is 5.89. The summed E-state index contributed by atoms with van der Waals surface area (Å²) in [5.74, 6) is 0.967. The second-order valence-electron chi connectivity index (χ2n) is 8.12. The van der Waals surface area contributed by atoms with Gasteiger partial charge in [-0.3, -0.25) is 14.3 Å². The van der Waals surface area contributed by atoms with Gasteiger partial charge in [0.2, 0.25) is 0 Å². The lowest BCUT2D eigenvalue weighted by Gasteiger charge is -2.36. The van der Waals surface area contributed by atoms with E-state index in [2.05, 4.69) is 15.6 Å². The molecule has 0 bridgehead atoms. The van der Waals surface area contributed by atoms with Crippen LogP contribution < -0.4 is 14.8 Å². The number of amides is 2. The Morgan fingerprint density at radius 3 is 2.68 bits per heavy atom. The second-order valence-corrected chi connectivity index (χ2v) is 8.12. The van der Waals surface area contributed by atoms with Gasteiger partial charge in [0, 0.05) is 30.7 Å². The van der Waals surface area contributed by atoms with E-state index >= 15 is 0 Å². The summed E-state index contributed by atoms with van der Waals surface area (Å²) in [7, 11) is 3.14. The first-order chi connectivity index (χ1) is 15.1. The van der Waals surface area contributed by atoms with Crippen molar-refractivity contribution in [3.63, 3.8) is 0 Å². The average Bonchev–Trinajstić information content (AvgIpc) is 3.49. The van der Waals surface area contributed by atoms with Crippen LogP contribution in [0.5, 0.6) is 11.5 Å². The zero-order chi connectivity index (χ0) is 21.8. The molecule has 1 aliphatic heterocycles. The van der Waals surface area contributed by atoms with Gasteiger partial charge in [-0.25, -0.2) is 0 Å². The van der Waals surface area contributed by atoms with Crippen molar-refractivity contribution in [3.05, 3.63) is 35.7 Å². The minimum atomic E-state index is -0.170. The van der Waals surface area contributed by atoms with E-state index < -0.39 is 0 Å². The van der Waals surface area contributed by atoms with Gasteiger partial charge in [0.05, 0.1) is 20.4 Å². The third-order valence-electron chi connectivity index (χ3n) is 5.89. The van der Waals surface area contributed by atoms with E-state index in [-0.39, 0.29) is 23.9 Å². The topological polar surface area (TPSA) is 98.6 Å². The molecule has 1 aromatic heterocycles. The Balaban J connectivity index is 1.40. The number of nitrogens with zero attached hydrogens (tertiary/aromatic N) is 4. The smallest absolute Gasteiger partial charge is 0.273 e. The van der Waals surface area contributed by atoms with Crippen LogP contribution in [0, 0.1) is 0 Å². The minimum absolute atomic E-state index is 0.00579. The molecule has 1 atom stereocenters. The van der Waals surface area contributed by atoms with Gasteiger partial charge in [-0.15, -0.1) is 5.10 Å². The van der Waals surface area contributed by atoms with E-state index in [0.29, 0.717) is 29.3 Å². The molecule has 1 saturated heterocycles. The summed E-state index contributed by atoms with van der Waals surface area (Å²) in [6.07, 6.45) is 7.53. The highest BCUT2D eigenvalue weighted by molar-refractivity contribution is 5.95. The Bertz CT molecular complexity index is 940. The van der Waals surface area contributed by atoms with Crippen LogP contribution in [0.2, 0.25) is 0 Å². The number of carbonyl (C=O) groups is 2. The number of hydrogen-bond acceptors (Lipinski definition) is 6. The summed E-state index contributed by atoms with van der Waals surface area (Å²) >= 11 is 0. The molecule has 2 amide bonds. The molecule has 4 rings (SSSR count). The van der Waals surface area contributed by atoms with Crippen molar-refractivity contribution < 1.29 is 19.1 Å². The number of methoxy groups -OCH3 is 2. The normalized spacial score (nSPS) is 18.5. The first-order valence-electron chi connectivity index (χ1n) is 10.8. The Morgan fingerprint density at radius 2 is 1.94 bits per heavy atom. The van der Waals surface area contributed by atoms with Gasteiger partial charge in [0.25, 0.3) is 11.8 Å². The Hall–Kier alpha value is -3.10. The van der Waals surface area contributed by atoms with E-state index in [4.69, 9.17) is 9.47 Å². The number of aromatic nitrogens is 3. The van der Waals surface area contributed by atoms with Gasteiger partial charge in [-0.2, -0.15) is 0 Å². The number of carbonyl (C=O) groups excluding carboxylic acids is 2. The van der Waals surface area contributed by atoms with Gasteiger partial charge in [0.1, 0.15) is 0 Å². The molecular formula is C22H29N5O4. The van der Waals surface area contributed by atoms with Gasteiger partial charge in [-0.05, 0) is 56.7 Å². The summed E-state index contributed by atoms with van der Waals surface area (Å²) in [6.45, 7) is 1.33. The molecule has 9 nitrogen and oxygen atoms in total. The maximum Gasteiger partial charge on any atom is 0.273 e. The number of rotatable bonds is 8. The van der Waals surface area contributed by atoms with Crippen LogP contribution in [-0.4, -0.2) is 64.6 Å². The van der Waals surface area contributed by atoms with Crippen LogP contribution in [0.1, 0.15) is 59.4 Å². The Kier molecular flexibility index (Phi) is 6.39. The Labute approximate surface area is 181 Å². The zero-order valence-electron chi connectivity index (χ0n) is 18.0. The van der Waals surface area contributed by atoms with Gasteiger partial charge in [-0.1, -0.05) is 5.21 Å². The second kappa shape index (κ2) is 9.36. The van der Waals surface area contributed by atoms with Crippen LogP contribution in [0.4, 0.5) is 0 Å². The summed E-state index contributed by atoms with van der Waals surface area (Å²) < 4.78 is 12.3. The largest absolute Gasteiger partial charge is 0.493 e. The highest BCUT2D eigenvalue weighted by Crippen LogP contribution is 2.29. The number of nitrogens with one attached hydrogen (secondary N) is 1. The molecule has 1 aromatic carbocycles. The van der Waals surface area contributed by atoms with Crippen molar-refractivity contribution in [3.8, 4) is 11.5 Å². The molecular weight excluding hydrogens is 398 g/mol. The zero-order valence-corrected chi connectivity index (χ0v) is 18.0. The lowest BCUT2D eigenvalue weighted by molar-refractivity contribution is 0.0593. The molecule has 2 heterocycles. The van der Waals surface area contributed by atoms with Crippen molar-refractivity contribution in [2.45, 2.75) is 57.2 Å². The molecule has 0 radical (unpaired) electrons. The van der Waals surface area contributed by atoms with Crippen LogP contribution in [0.3, 0.4) is 0 Å². The molecule has 31 heavy (non-hydrogen) atoms. The van der Waals surface area contributed by atoms with Crippen LogP contribution in [0.15, 0.2) is 24.4 Å². The fraction of sp³-hybridized carbons (Fsp3) is 0.545. The molecule has 2 aromatic rings. The van der Waals surface area contributed by atoms with Crippen LogP contribution in [0.25, 0.3) is 0 Å². The van der Waals surface area contributed by atoms with E-state index in [1.54, 1.807) is 43.3 Å². The highest BCUT2D eigenvalue weighted by Gasteiger charge is 2.28. The summed E-state index contributed by atoms with van der Waals surface area (Å²) in [4.78, 5) is 27.3. The quantitative estimate of drug-likeness (QED) is 0.694. The predicted molar refractivity (Wildman–Crippen MR) is 113 cm³/mol. The molecule has 166 valence electrons. The molecule has 1 saturated carbocycles. The lowest BCUT2D eigenvalue weighted by atomic mass is 9.98. The fourth-order valence-electron chi connectivity index (χ4n) is 3.98. The maximum absolute atomic E-state index is 13.2. The molecule has 1 N–H and O–H groups in total. The standard InChI is InChI=1S/C22H29N5O4/c1-30-19-9-6-15(13-20(19)31-2)22(29)27-11-4-3-5-17(27)10-12-26-14-18(24-25-26)21(28)23-16-7-8-16/h6,9,13-14,16-17H,3-5,7-8,10-12H2,1-2H3,(H,23,28)/t17-/m1/s1. The van der Waals surface area contributed by atoms with Crippen molar-refractivity contribution in [2.75, 3.05) is 20.8 Å². The van der Waals surface area contributed by atoms with Crippen LogP contribution >= 0.6 is 0 Å². The number of ether oxygens (including phenoxy) is 2. The molecule has 1 aliphatic carbocycles. The third kappa shape index (κ3) is 4.98. The molecule has 2 fully saturated rings. The van der Waals surface area contributed by atoms with Crippen molar-refractivity contribution in [1.29, 1.82) is 0 Å². The summed E-state index contributed by atoms with van der Waals surface area (Å²) in [5, 5.41) is 11.0. The van der Waals surface area contributed by atoms with Crippen LogP contribution in [-0.2, 0) is 6.54 Å². The highest BCUT2D eigenvalue weighted by atomic mass is 16.5. The fourth-order valence-corrected chi connectivity index (χ4v) is 3.98. The first kappa shape index (κ1) is 21.1. The van der Waals surface area contributed by atoms with Gasteiger partial charge < -0.3 is 19.7 Å².